The second-order valence-electron chi connectivity index (χ2n) is 7.81. The molecule has 2 aliphatic carbocycles. The van der Waals surface area contributed by atoms with Crippen LogP contribution in [0.2, 0.25) is 0 Å². The number of nitrogens with zero attached hydrogens (tertiary/aromatic N) is 1. The summed E-state index contributed by atoms with van der Waals surface area (Å²) in [7, 11) is 0. The summed E-state index contributed by atoms with van der Waals surface area (Å²) in [6, 6.07) is 8.07. The van der Waals surface area contributed by atoms with Crippen molar-refractivity contribution in [1.82, 2.24) is 4.98 Å². The molecule has 2 atom stereocenters. The minimum absolute atomic E-state index is 0.0179. The molecule has 0 amide bonds. The summed E-state index contributed by atoms with van der Waals surface area (Å²) in [6.45, 7) is -0.0179. The van der Waals surface area contributed by atoms with Crippen molar-refractivity contribution in [2.75, 3.05) is 0 Å². The molecule has 4 nitrogen and oxygen atoms in total. The molecule has 2 unspecified atom stereocenters. The predicted octanol–water partition coefficient (Wildman–Crippen LogP) is 5.24. The normalized spacial score (nSPS) is 21.3. The lowest BCUT2D eigenvalue weighted by Crippen LogP contribution is -2.05. The number of halogens is 2. The van der Waals surface area contributed by atoms with Crippen molar-refractivity contribution in [3.05, 3.63) is 53.2 Å². The van der Waals surface area contributed by atoms with Crippen molar-refractivity contribution in [3.63, 3.8) is 0 Å². The summed E-state index contributed by atoms with van der Waals surface area (Å²) in [5.74, 6) is -3.28. The van der Waals surface area contributed by atoms with Crippen LogP contribution >= 0.6 is 11.8 Å². The van der Waals surface area contributed by atoms with Gasteiger partial charge in [0.15, 0.2) is 17.4 Å². The molecule has 4 rings (SSSR count). The summed E-state index contributed by atoms with van der Waals surface area (Å²) in [4.78, 5) is 15.5. The van der Waals surface area contributed by atoms with Gasteiger partial charge < -0.3 is 9.84 Å². The molecule has 154 valence electrons. The zero-order chi connectivity index (χ0) is 20.4. The van der Waals surface area contributed by atoms with Gasteiger partial charge in [0.1, 0.15) is 6.61 Å². The molecule has 0 radical (unpaired) electrons. The number of carboxylic acid groups (broad SMARTS) is 1. The number of thioether (sulfide) groups is 1. The van der Waals surface area contributed by atoms with Crippen molar-refractivity contribution in [2.45, 2.75) is 55.4 Å². The van der Waals surface area contributed by atoms with E-state index in [1.54, 1.807) is 17.8 Å². The maximum Gasteiger partial charge on any atom is 0.306 e. The number of hydrogen-bond acceptors (Lipinski definition) is 4. The van der Waals surface area contributed by atoms with Gasteiger partial charge in [0.2, 0.25) is 0 Å². The second-order valence-corrected chi connectivity index (χ2v) is 9.13. The summed E-state index contributed by atoms with van der Waals surface area (Å²) < 4.78 is 34.2. The van der Waals surface area contributed by atoms with Crippen LogP contribution in [0.4, 0.5) is 8.78 Å². The van der Waals surface area contributed by atoms with E-state index in [1.165, 1.54) is 37.8 Å². The fourth-order valence-corrected chi connectivity index (χ4v) is 5.11. The van der Waals surface area contributed by atoms with Gasteiger partial charge in [0.05, 0.1) is 16.6 Å². The Morgan fingerprint density at radius 3 is 2.59 bits per heavy atom. The Labute approximate surface area is 172 Å². The number of rotatable bonds is 8. The highest BCUT2D eigenvalue weighted by Crippen LogP contribution is 2.41. The maximum absolute atomic E-state index is 14.4. The van der Waals surface area contributed by atoms with Crippen LogP contribution in [-0.4, -0.2) is 21.3 Å². The standard InChI is InChI=1S/C22H23F2NO3S/c23-18-9-13(8-14-11-17(14)22(26)27)10-19(24)21(18)28-12-15-4-3-7-20(25-15)29-16-5-1-2-6-16/h3-4,7,9-10,14,16-17H,1-2,5-6,8,11-12H2,(H,26,27). The second kappa shape index (κ2) is 8.69. The Morgan fingerprint density at radius 1 is 1.21 bits per heavy atom. The molecule has 7 heteroatoms. The van der Waals surface area contributed by atoms with Crippen molar-refractivity contribution >= 4 is 17.7 Å². The van der Waals surface area contributed by atoms with Gasteiger partial charge in [-0.05, 0) is 61.4 Å². The number of carbonyl (C=O) groups is 1. The third-order valence-electron chi connectivity index (χ3n) is 5.53. The van der Waals surface area contributed by atoms with Gasteiger partial charge in [-0.1, -0.05) is 18.9 Å². The van der Waals surface area contributed by atoms with Crippen molar-refractivity contribution in [3.8, 4) is 5.75 Å². The highest BCUT2D eigenvalue weighted by atomic mass is 32.2. The number of carboxylic acids is 1. The van der Waals surface area contributed by atoms with E-state index >= 15 is 0 Å². The number of aliphatic carboxylic acids is 1. The first kappa shape index (κ1) is 20.1. The molecule has 0 saturated heterocycles. The number of ether oxygens (including phenoxy) is 1. The van der Waals surface area contributed by atoms with E-state index < -0.39 is 29.3 Å². The van der Waals surface area contributed by atoms with E-state index in [2.05, 4.69) is 4.98 Å². The zero-order valence-electron chi connectivity index (χ0n) is 15.9. The smallest absolute Gasteiger partial charge is 0.306 e. The molecule has 2 fully saturated rings. The summed E-state index contributed by atoms with van der Waals surface area (Å²) in [5.41, 5.74) is 1.08. The summed E-state index contributed by atoms with van der Waals surface area (Å²) in [5, 5.41) is 10.5. The lowest BCUT2D eigenvalue weighted by atomic mass is 10.1. The average Bonchev–Trinajstić information content (AvgIpc) is 3.25. The number of benzene rings is 1. The van der Waals surface area contributed by atoms with E-state index in [1.807, 2.05) is 12.1 Å². The topological polar surface area (TPSA) is 59.4 Å². The van der Waals surface area contributed by atoms with Crippen LogP contribution < -0.4 is 4.74 Å². The first-order valence-corrected chi connectivity index (χ1v) is 10.8. The molecule has 1 heterocycles. The Hall–Kier alpha value is -2.15. The highest BCUT2D eigenvalue weighted by molar-refractivity contribution is 7.99. The van der Waals surface area contributed by atoms with Gasteiger partial charge in [-0.3, -0.25) is 4.79 Å². The monoisotopic (exact) mass is 419 g/mol. The summed E-state index contributed by atoms with van der Waals surface area (Å²) in [6.07, 6.45) is 5.82. The van der Waals surface area contributed by atoms with Crippen molar-refractivity contribution < 1.29 is 23.4 Å². The molecular formula is C22H23F2NO3S. The SMILES string of the molecule is O=C(O)C1CC1Cc1cc(F)c(OCc2cccc(SC3CCCC3)n2)c(F)c1. The van der Waals surface area contributed by atoms with Crippen LogP contribution in [0.15, 0.2) is 35.4 Å². The minimum Gasteiger partial charge on any atom is -0.481 e. The first-order valence-electron chi connectivity index (χ1n) is 9.95. The van der Waals surface area contributed by atoms with Gasteiger partial charge in [-0.2, -0.15) is 0 Å². The van der Waals surface area contributed by atoms with Gasteiger partial charge >= 0.3 is 5.97 Å². The lowest BCUT2D eigenvalue weighted by molar-refractivity contribution is -0.138. The Morgan fingerprint density at radius 2 is 1.93 bits per heavy atom. The van der Waals surface area contributed by atoms with Crippen LogP contribution in [-0.2, 0) is 17.8 Å². The molecule has 1 aromatic heterocycles. The quantitative estimate of drug-likeness (QED) is 0.634. The third kappa shape index (κ3) is 5.07. The van der Waals surface area contributed by atoms with Crippen LogP contribution in [0.5, 0.6) is 5.75 Å². The van der Waals surface area contributed by atoms with E-state index in [0.29, 0.717) is 29.3 Å². The van der Waals surface area contributed by atoms with E-state index in [-0.39, 0.29) is 12.5 Å². The van der Waals surface area contributed by atoms with Crippen molar-refractivity contribution in [2.24, 2.45) is 11.8 Å². The molecule has 2 aromatic rings. The van der Waals surface area contributed by atoms with Crippen LogP contribution in [0, 0.1) is 23.5 Å². The highest BCUT2D eigenvalue weighted by Gasteiger charge is 2.42. The fraction of sp³-hybridized carbons (Fsp3) is 0.455. The van der Waals surface area contributed by atoms with Gasteiger partial charge in [-0.15, -0.1) is 11.8 Å². The minimum atomic E-state index is -0.850. The molecule has 29 heavy (non-hydrogen) atoms. The van der Waals surface area contributed by atoms with E-state index in [0.717, 1.165) is 5.03 Å². The summed E-state index contributed by atoms with van der Waals surface area (Å²) >= 11 is 1.75. The number of hydrogen-bond donors (Lipinski definition) is 1. The van der Waals surface area contributed by atoms with Crippen LogP contribution in [0.25, 0.3) is 0 Å². The molecule has 0 spiro atoms. The maximum atomic E-state index is 14.4. The van der Waals surface area contributed by atoms with Gasteiger partial charge in [0, 0.05) is 5.25 Å². The van der Waals surface area contributed by atoms with E-state index in [4.69, 9.17) is 9.84 Å². The van der Waals surface area contributed by atoms with Gasteiger partial charge in [-0.25, -0.2) is 13.8 Å². The number of pyridine rings is 1. The predicted molar refractivity (Wildman–Crippen MR) is 106 cm³/mol. The van der Waals surface area contributed by atoms with Crippen molar-refractivity contribution in [1.29, 1.82) is 0 Å². The molecule has 2 aliphatic rings. The Bertz CT molecular complexity index is 878. The zero-order valence-corrected chi connectivity index (χ0v) is 16.8. The van der Waals surface area contributed by atoms with Crippen LogP contribution in [0.3, 0.4) is 0 Å². The molecule has 1 aromatic carbocycles. The molecule has 0 aliphatic heterocycles. The first-order chi connectivity index (χ1) is 14.0. The number of aromatic nitrogens is 1. The van der Waals surface area contributed by atoms with E-state index in [9.17, 15) is 13.6 Å². The Balaban J connectivity index is 1.37. The third-order valence-corrected chi connectivity index (χ3v) is 6.80. The largest absolute Gasteiger partial charge is 0.481 e. The fourth-order valence-electron chi connectivity index (χ4n) is 3.87. The molecule has 2 saturated carbocycles. The van der Waals surface area contributed by atoms with Crippen LogP contribution in [0.1, 0.15) is 43.4 Å². The lowest BCUT2D eigenvalue weighted by Gasteiger charge is -2.12. The van der Waals surface area contributed by atoms with Gasteiger partial charge in [0.25, 0.3) is 0 Å². The molecule has 1 N–H and O–H groups in total. The Kier molecular flexibility index (Phi) is 6.04. The molecule has 0 bridgehead atoms. The molecular weight excluding hydrogens is 396 g/mol. The average molecular weight is 419 g/mol.